The van der Waals surface area contributed by atoms with Gasteiger partial charge in [0.05, 0.1) is 17.5 Å². The zero-order valence-corrected chi connectivity index (χ0v) is 20.1. The van der Waals surface area contributed by atoms with E-state index in [-0.39, 0.29) is 12.0 Å². The van der Waals surface area contributed by atoms with Crippen molar-refractivity contribution in [3.8, 4) is 27.6 Å². The summed E-state index contributed by atoms with van der Waals surface area (Å²) in [6.45, 7) is 7.39. The molecule has 2 aromatic carbocycles. The van der Waals surface area contributed by atoms with Crippen molar-refractivity contribution in [1.82, 2.24) is 4.98 Å². The second-order valence-electron chi connectivity index (χ2n) is 8.14. The summed E-state index contributed by atoms with van der Waals surface area (Å²) < 4.78 is 11.5. The van der Waals surface area contributed by atoms with E-state index in [2.05, 4.69) is 0 Å². The van der Waals surface area contributed by atoms with Crippen LogP contribution >= 0.6 is 11.3 Å². The number of fused-ring (bicyclic) bond motifs is 1. The molecule has 0 N–H and O–H groups in total. The number of hydrogen-bond donors (Lipinski definition) is 0. The van der Waals surface area contributed by atoms with Gasteiger partial charge < -0.3 is 9.47 Å². The van der Waals surface area contributed by atoms with Crippen LogP contribution in [0.1, 0.15) is 40.5 Å². The van der Waals surface area contributed by atoms with Gasteiger partial charge in [0.25, 0.3) is 5.91 Å². The molecule has 1 aliphatic rings. The van der Waals surface area contributed by atoms with Crippen molar-refractivity contribution in [2.75, 3.05) is 4.90 Å². The van der Waals surface area contributed by atoms with Gasteiger partial charge in [-0.25, -0.2) is 9.78 Å². The van der Waals surface area contributed by atoms with Crippen LogP contribution in [-0.2, 0) is 14.3 Å². The first-order chi connectivity index (χ1) is 15.9. The molecule has 0 bridgehead atoms. The first kappa shape index (κ1) is 23.0. The van der Waals surface area contributed by atoms with E-state index in [1.165, 1.54) is 4.90 Å². The predicted molar refractivity (Wildman–Crippen MR) is 130 cm³/mol. The number of nitrogens with zero attached hydrogens (tertiary/aromatic N) is 2. The Balaban J connectivity index is 1.70. The number of anilines is 1. The van der Waals surface area contributed by atoms with Crippen LogP contribution in [-0.4, -0.2) is 35.1 Å². The zero-order chi connectivity index (χ0) is 23.5. The van der Waals surface area contributed by atoms with Crippen molar-refractivity contribution < 1.29 is 19.1 Å². The van der Waals surface area contributed by atoms with Gasteiger partial charge >= 0.3 is 5.97 Å². The van der Waals surface area contributed by atoms with E-state index in [4.69, 9.17) is 14.5 Å². The van der Waals surface area contributed by atoms with Crippen LogP contribution in [0.5, 0.6) is 5.75 Å². The quantitative estimate of drug-likeness (QED) is 0.419. The fourth-order valence-corrected chi connectivity index (χ4v) is 4.54. The highest BCUT2D eigenvalue weighted by Gasteiger charge is 2.39. The molecule has 33 heavy (non-hydrogen) atoms. The second kappa shape index (κ2) is 9.75. The third kappa shape index (κ3) is 4.64. The third-order valence-corrected chi connectivity index (χ3v) is 6.70. The van der Waals surface area contributed by atoms with Gasteiger partial charge in [0.2, 0.25) is 0 Å². The number of ether oxygens (including phenoxy) is 2. The Bertz CT molecular complexity index is 1140. The average molecular weight is 465 g/mol. The normalized spacial score (nSPS) is 17.2. The summed E-state index contributed by atoms with van der Waals surface area (Å²) in [6, 6.07) is 14.9. The highest BCUT2D eigenvalue weighted by molar-refractivity contribution is 7.13. The van der Waals surface area contributed by atoms with Crippen molar-refractivity contribution in [2.24, 2.45) is 0 Å². The van der Waals surface area contributed by atoms with Crippen molar-refractivity contribution in [1.29, 1.82) is 0 Å². The van der Waals surface area contributed by atoms with Crippen molar-refractivity contribution in [3.05, 3.63) is 53.9 Å². The summed E-state index contributed by atoms with van der Waals surface area (Å²) in [5.74, 6) is -0.0864. The molecule has 7 heteroatoms. The van der Waals surface area contributed by atoms with Gasteiger partial charge in [-0.1, -0.05) is 44.2 Å². The second-order valence-corrected chi connectivity index (χ2v) is 9.00. The van der Waals surface area contributed by atoms with Gasteiger partial charge in [0.15, 0.2) is 6.10 Å². The molecule has 3 unspecified atom stereocenters. The monoisotopic (exact) mass is 464 g/mol. The number of amides is 1. The molecule has 3 atom stereocenters. The van der Waals surface area contributed by atoms with Gasteiger partial charge in [0, 0.05) is 16.5 Å². The highest BCUT2D eigenvalue weighted by Crippen LogP contribution is 2.40. The first-order valence-electron chi connectivity index (χ1n) is 11.3. The summed E-state index contributed by atoms with van der Waals surface area (Å²) in [7, 11) is 0. The van der Waals surface area contributed by atoms with E-state index in [0.29, 0.717) is 24.3 Å². The maximum Gasteiger partial charge on any atom is 0.329 e. The van der Waals surface area contributed by atoms with Crippen LogP contribution in [0.25, 0.3) is 21.8 Å². The van der Waals surface area contributed by atoms with E-state index >= 15 is 0 Å². The summed E-state index contributed by atoms with van der Waals surface area (Å²) in [4.78, 5) is 32.4. The number of hydrogen-bond acceptors (Lipinski definition) is 6. The Morgan fingerprint density at radius 2 is 1.91 bits per heavy atom. The number of rotatable bonds is 7. The maximum absolute atomic E-state index is 13.2. The Morgan fingerprint density at radius 3 is 2.61 bits per heavy atom. The van der Waals surface area contributed by atoms with Crippen LogP contribution in [0.3, 0.4) is 0 Å². The fourth-order valence-electron chi connectivity index (χ4n) is 3.70. The minimum absolute atomic E-state index is 0.213. The maximum atomic E-state index is 13.2. The van der Waals surface area contributed by atoms with Gasteiger partial charge in [-0.05, 0) is 44.9 Å². The molecule has 0 spiro atoms. The number of esters is 1. The summed E-state index contributed by atoms with van der Waals surface area (Å²) in [6.07, 6.45) is 0.374. The minimum atomic E-state index is -0.770. The summed E-state index contributed by atoms with van der Waals surface area (Å²) in [5, 5.41) is 2.92. The van der Waals surface area contributed by atoms with Gasteiger partial charge in [-0.15, -0.1) is 11.3 Å². The summed E-state index contributed by atoms with van der Waals surface area (Å²) >= 11 is 1.56. The van der Waals surface area contributed by atoms with Crippen LogP contribution in [0.2, 0.25) is 0 Å². The third-order valence-electron chi connectivity index (χ3n) is 5.81. The number of benzene rings is 2. The largest absolute Gasteiger partial charge is 0.478 e. The molecule has 3 aromatic rings. The zero-order valence-electron chi connectivity index (χ0n) is 19.3. The Morgan fingerprint density at radius 1 is 1.15 bits per heavy atom. The lowest BCUT2D eigenvalue weighted by atomic mass is 10.1. The predicted octanol–water partition coefficient (Wildman–Crippen LogP) is 5.71. The lowest BCUT2D eigenvalue weighted by Gasteiger charge is -2.37. The standard InChI is InChI=1S/C26H28N2O4S/c1-5-16(3)31-26(30)17(4)28-21-14-19(12-13-23(21)32-22(6-2)25(28)29)20-15-33-24(27-20)18-10-8-7-9-11-18/h7-17,22H,5-6H2,1-4H3. The molecule has 1 amide bonds. The van der Waals surface area contributed by atoms with E-state index in [0.717, 1.165) is 21.8 Å². The molecular formula is C26H28N2O4S. The number of aromatic nitrogens is 1. The molecule has 0 radical (unpaired) electrons. The SMILES string of the molecule is CCC(C)OC(=O)C(C)N1C(=O)C(CC)Oc2ccc(-c3csc(-c4ccccc4)n3)cc21. The molecule has 2 heterocycles. The molecule has 172 valence electrons. The fraction of sp³-hybridized carbons (Fsp3) is 0.346. The highest BCUT2D eigenvalue weighted by atomic mass is 32.1. The molecule has 0 aliphatic carbocycles. The Labute approximate surface area is 198 Å². The molecular weight excluding hydrogens is 436 g/mol. The average Bonchev–Trinajstić information content (AvgIpc) is 3.33. The van der Waals surface area contributed by atoms with Gasteiger partial charge in [0.1, 0.15) is 16.8 Å². The van der Waals surface area contributed by atoms with E-state index in [1.54, 1.807) is 18.3 Å². The number of thiazole rings is 1. The molecule has 4 rings (SSSR count). The van der Waals surface area contributed by atoms with Crippen molar-refractivity contribution in [2.45, 2.75) is 58.8 Å². The molecule has 0 fully saturated rings. The minimum Gasteiger partial charge on any atom is -0.478 e. The van der Waals surface area contributed by atoms with Gasteiger partial charge in [-0.2, -0.15) is 0 Å². The van der Waals surface area contributed by atoms with E-state index < -0.39 is 18.1 Å². The van der Waals surface area contributed by atoms with Crippen LogP contribution in [0, 0.1) is 0 Å². The van der Waals surface area contributed by atoms with E-state index in [1.807, 2.05) is 74.7 Å². The summed E-state index contributed by atoms with van der Waals surface area (Å²) in [5.41, 5.74) is 3.27. The lowest BCUT2D eigenvalue weighted by Crippen LogP contribution is -2.52. The number of carbonyl (C=O) groups excluding carboxylic acids is 2. The van der Waals surface area contributed by atoms with Crippen molar-refractivity contribution >= 4 is 28.9 Å². The van der Waals surface area contributed by atoms with Crippen LogP contribution in [0.15, 0.2) is 53.9 Å². The number of carbonyl (C=O) groups is 2. The molecule has 1 aromatic heterocycles. The van der Waals surface area contributed by atoms with Crippen LogP contribution < -0.4 is 9.64 Å². The molecule has 1 aliphatic heterocycles. The van der Waals surface area contributed by atoms with E-state index in [9.17, 15) is 9.59 Å². The lowest BCUT2D eigenvalue weighted by molar-refractivity contribution is -0.151. The first-order valence-corrected chi connectivity index (χ1v) is 12.2. The topological polar surface area (TPSA) is 68.7 Å². The molecule has 0 saturated carbocycles. The van der Waals surface area contributed by atoms with Crippen LogP contribution in [0.4, 0.5) is 5.69 Å². The smallest absolute Gasteiger partial charge is 0.329 e. The Kier molecular flexibility index (Phi) is 6.79. The Hall–Kier alpha value is -3.19. The molecule has 6 nitrogen and oxygen atoms in total. The van der Waals surface area contributed by atoms with Gasteiger partial charge in [-0.3, -0.25) is 9.69 Å². The molecule has 0 saturated heterocycles. The van der Waals surface area contributed by atoms with Crippen molar-refractivity contribution in [3.63, 3.8) is 0 Å².